The van der Waals surface area contributed by atoms with Crippen LogP contribution in [0.3, 0.4) is 0 Å². The van der Waals surface area contributed by atoms with Crippen molar-refractivity contribution in [1.29, 1.82) is 0 Å². The van der Waals surface area contributed by atoms with Crippen LogP contribution in [0.15, 0.2) is 18.2 Å². The summed E-state index contributed by atoms with van der Waals surface area (Å²) in [5, 5.41) is 0. The zero-order valence-electron chi connectivity index (χ0n) is 8.28. The molecule has 0 aliphatic heterocycles. The first-order valence-electron chi connectivity index (χ1n) is 4.52. The molecule has 0 aliphatic carbocycles. The number of ether oxygens (including phenoxy) is 1. The average Bonchev–Trinajstić information content (AvgIpc) is 2.70. The number of aromatic amines is 1. The second kappa shape index (κ2) is 3.70. The second-order valence-electron chi connectivity index (χ2n) is 3.08. The fourth-order valence-corrected chi connectivity index (χ4v) is 1.45. The van der Waals surface area contributed by atoms with E-state index in [1.165, 1.54) is 7.11 Å². The van der Waals surface area contributed by atoms with E-state index in [9.17, 15) is 4.79 Å². The van der Waals surface area contributed by atoms with Gasteiger partial charge >= 0.3 is 5.97 Å². The summed E-state index contributed by atoms with van der Waals surface area (Å²) in [5.74, 6) is 0.261. The molecule has 2 aromatic rings. The van der Waals surface area contributed by atoms with Gasteiger partial charge in [0, 0.05) is 0 Å². The van der Waals surface area contributed by atoms with Crippen molar-refractivity contribution in [1.82, 2.24) is 9.97 Å². The lowest BCUT2D eigenvalue weighted by atomic mass is 10.2. The van der Waals surface area contributed by atoms with Crippen molar-refractivity contribution in [3.05, 3.63) is 29.6 Å². The lowest BCUT2D eigenvalue weighted by Crippen LogP contribution is -2.02. The van der Waals surface area contributed by atoms with Crippen LogP contribution in [0.2, 0.25) is 0 Å². The molecule has 0 aliphatic rings. The zero-order valence-corrected chi connectivity index (χ0v) is 8.28. The molecule has 0 spiro atoms. The Balaban J connectivity index is 2.64. The quantitative estimate of drug-likeness (QED) is 0.711. The SMILES string of the molecule is COC(=O)c1cccc2[nH]c(CN)nc12. The topological polar surface area (TPSA) is 81.0 Å². The Morgan fingerprint density at radius 3 is 3.07 bits per heavy atom. The predicted molar refractivity (Wildman–Crippen MR) is 55.3 cm³/mol. The Kier molecular flexibility index (Phi) is 2.39. The minimum absolute atomic E-state index is 0.315. The van der Waals surface area contributed by atoms with Crippen LogP contribution in [0.4, 0.5) is 0 Å². The van der Waals surface area contributed by atoms with E-state index in [4.69, 9.17) is 5.73 Å². The molecular weight excluding hydrogens is 194 g/mol. The number of fused-ring (bicyclic) bond motifs is 1. The molecule has 2 rings (SSSR count). The normalized spacial score (nSPS) is 10.5. The lowest BCUT2D eigenvalue weighted by molar-refractivity contribution is 0.0603. The summed E-state index contributed by atoms with van der Waals surface area (Å²) < 4.78 is 4.66. The van der Waals surface area contributed by atoms with Crippen LogP contribution in [0.5, 0.6) is 0 Å². The van der Waals surface area contributed by atoms with Crippen LogP contribution in [-0.4, -0.2) is 23.0 Å². The van der Waals surface area contributed by atoms with Gasteiger partial charge in [-0.3, -0.25) is 0 Å². The molecule has 0 unspecified atom stereocenters. The number of esters is 1. The van der Waals surface area contributed by atoms with Crippen molar-refractivity contribution in [3.63, 3.8) is 0 Å². The molecule has 15 heavy (non-hydrogen) atoms. The van der Waals surface area contributed by atoms with Gasteiger partial charge in [0.05, 0.1) is 24.7 Å². The van der Waals surface area contributed by atoms with Crippen molar-refractivity contribution in [2.75, 3.05) is 7.11 Å². The first-order valence-corrected chi connectivity index (χ1v) is 4.52. The molecule has 5 heteroatoms. The van der Waals surface area contributed by atoms with Crippen LogP contribution in [0, 0.1) is 0 Å². The van der Waals surface area contributed by atoms with E-state index in [1.807, 2.05) is 6.07 Å². The average molecular weight is 205 g/mol. The number of hydrogen-bond donors (Lipinski definition) is 2. The molecule has 78 valence electrons. The molecule has 3 N–H and O–H groups in total. The van der Waals surface area contributed by atoms with Gasteiger partial charge in [0.15, 0.2) is 0 Å². The summed E-state index contributed by atoms with van der Waals surface area (Å²) >= 11 is 0. The number of methoxy groups -OCH3 is 1. The standard InChI is InChI=1S/C10H11N3O2/c1-15-10(14)6-3-2-4-7-9(6)13-8(5-11)12-7/h2-4H,5,11H2,1H3,(H,12,13). The highest BCUT2D eigenvalue weighted by Gasteiger charge is 2.12. The Labute approximate surface area is 86.3 Å². The van der Waals surface area contributed by atoms with Crippen LogP contribution in [0.1, 0.15) is 16.2 Å². The molecular formula is C10H11N3O2. The molecule has 0 amide bonds. The molecule has 5 nitrogen and oxygen atoms in total. The number of H-pyrrole nitrogens is 1. The Bertz CT molecular complexity index is 504. The van der Waals surface area contributed by atoms with Gasteiger partial charge in [0.25, 0.3) is 0 Å². The number of nitrogens with zero attached hydrogens (tertiary/aromatic N) is 1. The summed E-state index contributed by atoms with van der Waals surface area (Å²) in [5.41, 5.74) is 7.30. The monoisotopic (exact) mass is 205 g/mol. The van der Waals surface area contributed by atoms with Gasteiger partial charge in [0.2, 0.25) is 0 Å². The number of carbonyl (C=O) groups excluding carboxylic acids is 1. The molecule has 0 radical (unpaired) electrons. The van der Waals surface area contributed by atoms with E-state index < -0.39 is 5.97 Å². The highest BCUT2D eigenvalue weighted by Crippen LogP contribution is 2.16. The van der Waals surface area contributed by atoms with Crippen LogP contribution < -0.4 is 5.73 Å². The number of nitrogens with one attached hydrogen (secondary N) is 1. The van der Waals surface area contributed by atoms with Crippen molar-refractivity contribution in [2.24, 2.45) is 5.73 Å². The molecule has 0 bridgehead atoms. The Morgan fingerprint density at radius 1 is 1.60 bits per heavy atom. The highest BCUT2D eigenvalue weighted by atomic mass is 16.5. The number of aromatic nitrogens is 2. The first kappa shape index (κ1) is 9.67. The van der Waals surface area contributed by atoms with Crippen LogP contribution in [-0.2, 0) is 11.3 Å². The van der Waals surface area contributed by atoms with Gasteiger partial charge < -0.3 is 15.5 Å². The number of carbonyl (C=O) groups is 1. The number of nitrogens with two attached hydrogens (primary N) is 1. The van der Waals surface area contributed by atoms with Crippen molar-refractivity contribution in [3.8, 4) is 0 Å². The van der Waals surface area contributed by atoms with E-state index in [2.05, 4.69) is 14.7 Å². The fourth-order valence-electron chi connectivity index (χ4n) is 1.45. The molecule has 1 heterocycles. The maximum atomic E-state index is 11.4. The maximum Gasteiger partial charge on any atom is 0.340 e. The fraction of sp³-hybridized carbons (Fsp3) is 0.200. The molecule has 0 atom stereocenters. The first-order chi connectivity index (χ1) is 7.26. The largest absolute Gasteiger partial charge is 0.465 e. The minimum atomic E-state index is -0.393. The second-order valence-corrected chi connectivity index (χ2v) is 3.08. The number of rotatable bonds is 2. The lowest BCUT2D eigenvalue weighted by Gasteiger charge is -1.98. The molecule has 0 saturated carbocycles. The Morgan fingerprint density at radius 2 is 2.40 bits per heavy atom. The minimum Gasteiger partial charge on any atom is -0.465 e. The predicted octanol–water partition coefficient (Wildman–Crippen LogP) is 0.808. The summed E-state index contributed by atoms with van der Waals surface area (Å²) in [7, 11) is 1.34. The third-order valence-corrected chi connectivity index (χ3v) is 2.16. The van der Waals surface area contributed by atoms with Crippen molar-refractivity contribution >= 4 is 17.0 Å². The number of benzene rings is 1. The number of imidazole rings is 1. The number of para-hydroxylation sites is 1. The van der Waals surface area contributed by atoms with Gasteiger partial charge in [-0.25, -0.2) is 9.78 Å². The third kappa shape index (κ3) is 1.57. The molecule has 0 fully saturated rings. The van der Waals surface area contributed by atoms with Gasteiger partial charge in [-0.15, -0.1) is 0 Å². The molecule has 0 saturated heterocycles. The third-order valence-electron chi connectivity index (χ3n) is 2.16. The van der Waals surface area contributed by atoms with Gasteiger partial charge in [-0.05, 0) is 12.1 Å². The summed E-state index contributed by atoms with van der Waals surface area (Å²) in [6.07, 6.45) is 0. The summed E-state index contributed by atoms with van der Waals surface area (Å²) in [4.78, 5) is 18.7. The van der Waals surface area contributed by atoms with E-state index in [0.29, 0.717) is 23.4 Å². The van der Waals surface area contributed by atoms with Crippen LogP contribution >= 0.6 is 0 Å². The maximum absolute atomic E-state index is 11.4. The summed E-state index contributed by atoms with van der Waals surface area (Å²) in [6.45, 7) is 0.315. The van der Waals surface area contributed by atoms with Crippen LogP contribution in [0.25, 0.3) is 11.0 Å². The van der Waals surface area contributed by atoms with Crippen molar-refractivity contribution < 1.29 is 9.53 Å². The Hall–Kier alpha value is -1.88. The van der Waals surface area contributed by atoms with Gasteiger partial charge in [-0.2, -0.15) is 0 Å². The van der Waals surface area contributed by atoms with Crippen molar-refractivity contribution in [2.45, 2.75) is 6.54 Å². The van der Waals surface area contributed by atoms with E-state index in [0.717, 1.165) is 5.52 Å². The highest BCUT2D eigenvalue weighted by molar-refractivity contribution is 6.01. The van der Waals surface area contributed by atoms with E-state index in [1.54, 1.807) is 12.1 Å². The smallest absolute Gasteiger partial charge is 0.340 e. The number of hydrogen-bond acceptors (Lipinski definition) is 4. The zero-order chi connectivity index (χ0) is 10.8. The van der Waals surface area contributed by atoms with E-state index in [-0.39, 0.29) is 0 Å². The molecule has 1 aromatic carbocycles. The van der Waals surface area contributed by atoms with Gasteiger partial charge in [-0.1, -0.05) is 6.07 Å². The summed E-state index contributed by atoms with van der Waals surface area (Å²) in [6, 6.07) is 5.29. The molecule has 1 aromatic heterocycles. The van der Waals surface area contributed by atoms with Gasteiger partial charge in [0.1, 0.15) is 11.3 Å². The van der Waals surface area contributed by atoms with E-state index >= 15 is 0 Å².